The number of aromatic nitrogens is 2. The van der Waals surface area contributed by atoms with Crippen LogP contribution in [0.2, 0.25) is 0 Å². The number of esters is 1. The highest BCUT2D eigenvalue weighted by Crippen LogP contribution is 2.44. The Bertz CT molecular complexity index is 1090. The molecule has 1 aromatic heterocycles. The van der Waals surface area contributed by atoms with Crippen LogP contribution in [0, 0.1) is 0 Å². The van der Waals surface area contributed by atoms with Gasteiger partial charge in [0.05, 0.1) is 18.6 Å². The number of fused-ring (bicyclic) bond motifs is 2. The minimum Gasteiger partial charge on any atom is -0.468 e. The first-order valence-corrected chi connectivity index (χ1v) is 11.1. The van der Waals surface area contributed by atoms with Crippen LogP contribution in [0.15, 0.2) is 41.6 Å². The molecule has 6 heteroatoms. The molecule has 29 heavy (non-hydrogen) atoms. The van der Waals surface area contributed by atoms with Gasteiger partial charge in [-0.25, -0.2) is 9.97 Å². The molecule has 0 unspecified atom stereocenters. The van der Waals surface area contributed by atoms with Crippen LogP contribution in [0.1, 0.15) is 42.0 Å². The van der Waals surface area contributed by atoms with Crippen molar-refractivity contribution >= 4 is 40.0 Å². The van der Waals surface area contributed by atoms with E-state index in [0.717, 1.165) is 36.5 Å². The number of rotatable bonds is 6. The summed E-state index contributed by atoms with van der Waals surface area (Å²) in [6.07, 6.45) is 5.61. The van der Waals surface area contributed by atoms with Crippen molar-refractivity contribution in [3.63, 3.8) is 0 Å². The fraction of sp³-hybridized carbons (Fsp3) is 0.348. The fourth-order valence-corrected chi connectivity index (χ4v) is 4.76. The first-order chi connectivity index (χ1) is 14.2. The van der Waals surface area contributed by atoms with E-state index in [1.165, 1.54) is 53.6 Å². The highest BCUT2D eigenvalue weighted by atomic mass is 32.2. The normalized spacial score (nSPS) is 15.3. The summed E-state index contributed by atoms with van der Waals surface area (Å²) in [4.78, 5) is 20.9. The molecule has 0 atom stereocenters. The van der Waals surface area contributed by atoms with Gasteiger partial charge in [0.2, 0.25) is 0 Å². The molecule has 5 nitrogen and oxygen atoms in total. The van der Waals surface area contributed by atoms with Gasteiger partial charge in [0.25, 0.3) is 0 Å². The van der Waals surface area contributed by atoms with E-state index >= 15 is 0 Å². The molecule has 2 aromatic carbocycles. The molecule has 0 radical (unpaired) electrons. The Labute approximate surface area is 174 Å². The second kappa shape index (κ2) is 7.67. The summed E-state index contributed by atoms with van der Waals surface area (Å²) >= 11 is 1.33. The zero-order valence-corrected chi connectivity index (χ0v) is 17.2. The molecule has 0 bridgehead atoms. The van der Waals surface area contributed by atoms with Crippen LogP contribution >= 0.6 is 11.8 Å². The van der Waals surface area contributed by atoms with Crippen LogP contribution in [-0.4, -0.2) is 28.8 Å². The van der Waals surface area contributed by atoms with Crippen molar-refractivity contribution in [3.05, 3.63) is 53.2 Å². The third kappa shape index (κ3) is 3.69. The fourth-order valence-electron chi connectivity index (χ4n) is 4.07. The number of thioether (sulfide) groups is 1. The first kappa shape index (κ1) is 18.4. The van der Waals surface area contributed by atoms with E-state index < -0.39 is 0 Å². The summed E-state index contributed by atoms with van der Waals surface area (Å²) in [7, 11) is 1.40. The van der Waals surface area contributed by atoms with Crippen molar-refractivity contribution in [1.29, 1.82) is 0 Å². The minimum atomic E-state index is -0.268. The Kier molecular flexibility index (Phi) is 4.87. The standard InChI is InChI=1S/C23H23N3O2S/c1-28-21(27)13-29-23-25-19-8-4-7-18(19)22(26-23)24-20-12-11-15(14-9-10-14)16-5-2-3-6-17(16)20/h2-3,5-6,11-12,14H,4,7-10,13H2,1H3,(H,24,25,26). The molecule has 0 saturated heterocycles. The number of ether oxygens (including phenoxy) is 1. The van der Waals surface area contributed by atoms with Gasteiger partial charge in [-0.3, -0.25) is 4.79 Å². The van der Waals surface area contributed by atoms with Gasteiger partial charge in [-0.15, -0.1) is 0 Å². The molecule has 2 aliphatic carbocycles. The van der Waals surface area contributed by atoms with Crippen molar-refractivity contribution in [2.45, 2.75) is 43.2 Å². The number of carbonyl (C=O) groups is 1. The van der Waals surface area contributed by atoms with E-state index in [-0.39, 0.29) is 11.7 Å². The number of nitrogens with zero attached hydrogens (tertiary/aromatic N) is 2. The van der Waals surface area contributed by atoms with E-state index in [1.807, 2.05) is 0 Å². The van der Waals surface area contributed by atoms with Crippen LogP contribution < -0.4 is 5.32 Å². The Hall–Kier alpha value is -2.60. The molecule has 2 aliphatic rings. The Morgan fingerprint density at radius 1 is 1.14 bits per heavy atom. The lowest BCUT2D eigenvalue weighted by atomic mass is 9.99. The summed E-state index contributed by atoms with van der Waals surface area (Å²) in [5.74, 6) is 1.52. The average Bonchev–Trinajstić information content (AvgIpc) is 3.48. The number of hydrogen-bond acceptors (Lipinski definition) is 6. The number of carbonyl (C=O) groups excluding carboxylic acids is 1. The molecule has 148 valence electrons. The van der Waals surface area contributed by atoms with Crippen LogP contribution in [-0.2, 0) is 22.4 Å². The monoisotopic (exact) mass is 405 g/mol. The van der Waals surface area contributed by atoms with Crippen molar-refractivity contribution in [2.24, 2.45) is 0 Å². The Morgan fingerprint density at radius 2 is 1.97 bits per heavy atom. The highest BCUT2D eigenvalue weighted by Gasteiger charge is 2.26. The summed E-state index contributed by atoms with van der Waals surface area (Å²) in [5.41, 5.74) is 4.81. The molecule has 0 amide bonds. The molecule has 0 spiro atoms. The third-order valence-corrected chi connectivity index (χ3v) is 6.51. The number of benzene rings is 2. The topological polar surface area (TPSA) is 64.1 Å². The zero-order valence-electron chi connectivity index (χ0n) is 16.4. The quantitative estimate of drug-likeness (QED) is 0.354. The van der Waals surface area contributed by atoms with Gasteiger partial charge in [0.1, 0.15) is 5.82 Å². The van der Waals surface area contributed by atoms with E-state index in [2.05, 4.69) is 46.7 Å². The van der Waals surface area contributed by atoms with Gasteiger partial charge in [-0.2, -0.15) is 0 Å². The van der Waals surface area contributed by atoms with Gasteiger partial charge in [-0.1, -0.05) is 42.1 Å². The van der Waals surface area contributed by atoms with E-state index in [4.69, 9.17) is 9.72 Å². The zero-order chi connectivity index (χ0) is 19.8. The lowest BCUT2D eigenvalue weighted by Crippen LogP contribution is -2.07. The number of methoxy groups -OCH3 is 1. The summed E-state index contributed by atoms with van der Waals surface area (Å²) < 4.78 is 4.74. The summed E-state index contributed by atoms with van der Waals surface area (Å²) in [5, 5.41) is 6.77. The largest absolute Gasteiger partial charge is 0.468 e. The van der Waals surface area contributed by atoms with Crippen molar-refractivity contribution in [2.75, 3.05) is 18.2 Å². The molecule has 5 rings (SSSR count). The van der Waals surface area contributed by atoms with E-state index in [1.54, 1.807) is 0 Å². The highest BCUT2D eigenvalue weighted by molar-refractivity contribution is 7.99. The third-order valence-electron chi connectivity index (χ3n) is 5.69. The maximum absolute atomic E-state index is 11.5. The maximum Gasteiger partial charge on any atom is 0.316 e. The predicted octanol–water partition coefficient (Wildman–Crippen LogP) is 5.00. The molecule has 1 heterocycles. The molecule has 0 aliphatic heterocycles. The molecule has 1 fully saturated rings. The number of anilines is 2. The Morgan fingerprint density at radius 3 is 2.76 bits per heavy atom. The Balaban J connectivity index is 1.51. The molecular weight excluding hydrogens is 382 g/mol. The smallest absolute Gasteiger partial charge is 0.316 e. The van der Waals surface area contributed by atoms with Crippen molar-refractivity contribution in [3.8, 4) is 0 Å². The number of nitrogens with one attached hydrogen (secondary N) is 1. The number of aryl methyl sites for hydroxylation is 1. The van der Waals surface area contributed by atoms with Crippen LogP contribution in [0.25, 0.3) is 10.8 Å². The first-order valence-electron chi connectivity index (χ1n) is 10.1. The molecular formula is C23H23N3O2S. The van der Waals surface area contributed by atoms with E-state index in [9.17, 15) is 4.79 Å². The average molecular weight is 406 g/mol. The predicted molar refractivity (Wildman–Crippen MR) is 116 cm³/mol. The van der Waals surface area contributed by atoms with Gasteiger partial charge in [0, 0.05) is 16.6 Å². The van der Waals surface area contributed by atoms with Gasteiger partial charge in [-0.05, 0) is 55.0 Å². The van der Waals surface area contributed by atoms with Gasteiger partial charge in [0.15, 0.2) is 5.16 Å². The van der Waals surface area contributed by atoms with Crippen LogP contribution in [0.4, 0.5) is 11.5 Å². The second-order valence-electron chi connectivity index (χ2n) is 7.65. The minimum absolute atomic E-state index is 0.216. The van der Waals surface area contributed by atoms with Gasteiger partial charge < -0.3 is 10.1 Å². The van der Waals surface area contributed by atoms with Crippen molar-refractivity contribution < 1.29 is 9.53 Å². The lowest BCUT2D eigenvalue weighted by molar-refractivity contribution is -0.137. The second-order valence-corrected chi connectivity index (χ2v) is 8.59. The SMILES string of the molecule is COC(=O)CSc1nc2c(c(Nc3ccc(C4CC4)c4ccccc34)n1)CCC2. The molecule has 1 N–H and O–H groups in total. The van der Waals surface area contributed by atoms with Crippen molar-refractivity contribution in [1.82, 2.24) is 9.97 Å². The van der Waals surface area contributed by atoms with Crippen LogP contribution in [0.5, 0.6) is 0 Å². The van der Waals surface area contributed by atoms with Crippen LogP contribution in [0.3, 0.4) is 0 Å². The molecule has 3 aromatic rings. The van der Waals surface area contributed by atoms with E-state index in [0.29, 0.717) is 11.1 Å². The molecule has 1 saturated carbocycles. The lowest BCUT2D eigenvalue weighted by Gasteiger charge is -2.15. The summed E-state index contributed by atoms with van der Waals surface area (Å²) in [6, 6.07) is 13.0. The number of hydrogen-bond donors (Lipinski definition) is 1. The van der Waals surface area contributed by atoms with Gasteiger partial charge >= 0.3 is 5.97 Å². The summed E-state index contributed by atoms with van der Waals surface area (Å²) in [6.45, 7) is 0. The maximum atomic E-state index is 11.5.